The first-order valence-electron chi connectivity index (χ1n) is 4.86. The number of allylic oxidation sites excluding steroid dienone is 1. The number of amides is 1. The highest BCUT2D eigenvalue weighted by Crippen LogP contribution is 2.17. The lowest BCUT2D eigenvalue weighted by Crippen LogP contribution is -2.47. The van der Waals surface area contributed by atoms with Crippen LogP contribution in [0, 0.1) is 0 Å². The molecule has 1 rings (SSSR count). The summed E-state index contributed by atoms with van der Waals surface area (Å²) in [6.07, 6.45) is 4.33. The van der Waals surface area contributed by atoms with Crippen LogP contribution in [0.2, 0.25) is 0 Å². The monoisotopic (exact) mass is 199 g/mol. The molecule has 0 aliphatic carbocycles. The third-order valence-electron chi connectivity index (χ3n) is 2.35. The topological polar surface area (TPSA) is 47.6 Å². The van der Waals surface area contributed by atoms with Crippen molar-refractivity contribution in [1.82, 2.24) is 5.32 Å². The molecule has 1 fully saturated rings. The van der Waals surface area contributed by atoms with E-state index in [2.05, 4.69) is 5.32 Å². The summed E-state index contributed by atoms with van der Waals surface area (Å²) in [4.78, 5) is 10.9. The lowest BCUT2D eigenvalue weighted by Gasteiger charge is -2.23. The first-order chi connectivity index (χ1) is 6.72. The molecule has 1 aliphatic rings. The minimum absolute atomic E-state index is 0.321. The van der Waals surface area contributed by atoms with Crippen molar-refractivity contribution < 1.29 is 14.3 Å². The number of cyclic esters (lactones) is 1. The first-order valence-corrected chi connectivity index (χ1v) is 4.86. The summed E-state index contributed by atoms with van der Waals surface area (Å²) >= 11 is 0. The van der Waals surface area contributed by atoms with E-state index in [1.807, 2.05) is 26.0 Å². The molecular formula is C10H17NO3. The van der Waals surface area contributed by atoms with Gasteiger partial charge in [0.15, 0.2) is 0 Å². The number of ether oxygens (including phenoxy) is 2. The predicted molar refractivity (Wildman–Crippen MR) is 53.1 cm³/mol. The fourth-order valence-corrected chi connectivity index (χ4v) is 1.28. The van der Waals surface area contributed by atoms with E-state index in [0.29, 0.717) is 19.8 Å². The smallest absolute Gasteiger partial charge is 0.407 e. The molecule has 0 aromatic carbocycles. The average Bonchev–Trinajstić information content (AvgIpc) is 2.56. The van der Waals surface area contributed by atoms with E-state index in [-0.39, 0.29) is 11.6 Å². The van der Waals surface area contributed by atoms with Gasteiger partial charge in [0, 0.05) is 0 Å². The zero-order valence-corrected chi connectivity index (χ0v) is 8.71. The minimum Gasteiger partial charge on any atom is -0.447 e. The van der Waals surface area contributed by atoms with Crippen molar-refractivity contribution >= 4 is 6.09 Å². The van der Waals surface area contributed by atoms with Crippen molar-refractivity contribution in [3.8, 4) is 0 Å². The molecule has 1 amide bonds. The van der Waals surface area contributed by atoms with Crippen molar-refractivity contribution in [1.29, 1.82) is 0 Å². The molecule has 0 aromatic heterocycles. The summed E-state index contributed by atoms with van der Waals surface area (Å²) in [5, 5.41) is 2.78. The SMILES string of the molecule is C/C=C/COCC1(CC)COC(=O)N1. The predicted octanol–water partition coefficient (Wildman–Crippen LogP) is 1.47. The summed E-state index contributed by atoms with van der Waals surface area (Å²) < 4.78 is 10.3. The maximum absolute atomic E-state index is 10.9. The van der Waals surface area contributed by atoms with E-state index in [9.17, 15) is 4.79 Å². The molecular weight excluding hydrogens is 182 g/mol. The Balaban J connectivity index is 2.35. The second-order valence-electron chi connectivity index (χ2n) is 3.42. The molecule has 0 bridgehead atoms. The maximum atomic E-state index is 10.9. The number of hydrogen-bond donors (Lipinski definition) is 1. The van der Waals surface area contributed by atoms with Gasteiger partial charge in [-0.05, 0) is 13.3 Å². The van der Waals surface area contributed by atoms with Crippen LogP contribution in [-0.2, 0) is 9.47 Å². The highest BCUT2D eigenvalue weighted by Gasteiger charge is 2.38. The van der Waals surface area contributed by atoms with E-state index in [1.54, 1.807) is 0 Å². The summed E-state index contributed by atoms with van der Waals surface area (Å²) in [5.74, 6) is 0. The standard InChI is InChI=1S/C10H17NO3/c1-3-5-6-13-7-10(4-2)8-14-9(12)11-10/h3,5H,4,6-8H2,1-2H3,(H,11,12)/b5-3+. The summed E-state index contributed by atoms with van der Waals surface area (Å²) in [5.41, 5.74) is -0.321. The average molecular weight is 199 g/mol. The van der Waals surface area contributed by atoms with E-state index in [0.717, 1.165) is 6.42 Å². The van der Waals surface area contributed by atoms with Crippen LogP contribution in [0.3, 0.4) is 0 Å². The summed E-state index contributed by atoms with van der Waals surface area (Å²) in [6.45, 7) is 5.43. The highest BCUT2D eigenvalue weighted by molar-refractivity contribution is 5.70. The number of rotatable bonds is 5. The fourth-order valence-electron chi connectivity index (χ4n) is 1.28. The van der Waals surface area contributed by atoms with Crippen molar-refractivity contribution in [3.63, 3.8) is 0 Å². The number of nitrogens with one attached hydrogen (secondary N) is 1. The lowest BCUT2D eigenvalue weighted by atomic mass is 10.00. The Kier molecular flexibility index (Phi) is 3.95. The molecule has 0 saturated carbocycles. The van der Waals surface area contributed by atoms with Gasteiger partial charge < -0.3 is 14.8 Å². The highest BCUT2D eigenvalue weighted by atomic mass is 16.6. The Morgan fingerprint density at radius 2 is 2.50 bits per heavy atom. The van der Waals surface area contributed by atoms with Gasteiger partial charge in [0.1, 0.15) is 12.1 Å². The molecule has 0 spiro atoms. The molecule has 80 valence electrons. The minimum atomic E-state index is -0.346. The van der Waals surface area contributed by atoms with Gasteiger partial charge in [-0.25, -0.2) is 4.79 Å². The van der Waals surface area contributed by atoms with Crippen LogP contribution in [0.25, 0.3) is 0 Å². The summed E-state index contributed by atoms with van der Waals surface area (Å²) in [7, 11) is 0. The quantitative estimate of drug-likeness (QED) is 0.538. The van der Waals surface area contributed by atoms with Gasteiger partial charge in [-0.15, -0.1) is 0 Å². The first kappa shape index (κ1) is 11.0. The molecule has 14 heavy (non-hydrogen) atoms. The Labute approximate surface area is 84.3 Å². The van der Waals surface area contributed by atoms with E-state index in [1.165, 1.54) is 0 Å². The molecule has 4 nitrogen and oxygen atoms in total. The Morgan fingerprint density at radius 1 is 1.71 bits per heavy atom. The fraction of sp³-hybridized carbons (Fsp3) is 0.700. The maximum Gasteiger partial charge on any atom is 0.407 e. The number of hydrogen-bond acceptors (Lipinski definition) is 3. The van der Waals surface area contributed by atoms with Crippen LogP contribution in [0.15, 0.2) is 12.2 Å². The van der Waals surface area contributed by atoms with E-state index >= 15 is 0 Å². The van der Waals surface area contributed by atoms with Gasteiger partial charge >= 0.3 is 6.09 Å². The van der Waals surface area contributed by atoms with Crippen molar-refractivity contribution in [2.45, 2.75) is 25.8 Å². The van der Waals surface area contributed by atoms with Gasteiger partial charge in [0.2, 0.25) is 0 Å². The lowest BCUT2D eigenvalue weighted by molar-refractivity contribution is 0.0840. The molecule has 0 aromatic rings. The van der Waals surface area contributed by atoms with Crippen LogP contribution in [-0.4, -0.2) is 31.5 Å². The second kappa shape index (κ2) is 5.00. The summed E-state index contributed by atoms with van der Waals surface area (Å²) in [6, 6.07) is 0. The number of carbonyl (C=O) groups excluding carboxylic acids is 1. The molecule has 1 heterocycles. The van der Waals surface area contributed by atoms with Crippen LogP contribution in [0.1, 0.15) is 20.3 Å². The molecule has 1 saturated heterocycles. The van der Waals surface area contributed by atoms with Gasteiger partial charge in [0.25, 0.3) is 0 Å². The van der Waals surface area contributed by atoms with Gasteiger partial charge in [-0.3, -0.25) is 0 Å². The molecule has 1 unspecified atom stereocenters. The third-order valence-corrected chi connectivity index (χ3v) is 2.35. The van der Waals surface area contributed by atoms with Crippen molar-refractivity contribution in [2.24, 2.45) is 0 Å². The number of carbonyl (C=O) groups is 1. The van der Waals surface area contributed by atoms with Crippen LogP contribution < -0.4 is 5.32 Å². The third kappa shape index (κ3) is 2.73. The Hall–Kier alpha value is -1.03. The molecule has 0 radical (unpaired) electrons. The largest absolute Gasteiger partial charge is 0.447 e. The van der Waals surface area contributed by atoms with Gasteiger partial charge in [-0.2, -0.15) is 0 Å². The van der Waals surface area contributed by atoms with Crippen molar-refractivity contribution in [3.05, 3.63) is 12.2 Å². The Morgan fingerprint density at radius 3 is 3.00 bits per heavy atom. The molecule has 1 aliphatic heterocycles. The Bertz CT molecular complexity index is 227. The van der Waals surface area contributed by atoms with Crippen molar-refractivity contribution in [2.75, 3.05) is 19.8 Å². The molecule has 4 heteroatoms. The zero-order chi connectivity index (χ0) is 10.4. The zero-order valence-electron chi connectivity index (χ0n) is 8.71. The number of alkyl carbamates (subject to hydrolysis) is 1. The second-order valence-corrected chi connectivity index (χ2v) is 3.42. The van der Waals surface area contributed by atoms with Crippen LogP contribution >= 0.6 is 0 Å². The van der Waals surface area contributed by atoms with Gasteiger partial charge in [-0.1, -0.05) is 19.1 Å². The normalized spacial score (nSPS) is 26.6. The van der Waals surface area contributed by atoms with Crippen LogP contribution in [0.4, 0.5) is 4.79 Å². The molecule has 1 N–H and O–H groups in total. The van der Waals surface area contributed by atoms with E-state index in [4.69, 9.17) is 9.47 Å². The van der Waals surface area contributed by atoms with E-state index < -0.39 is 0 Å². The van der Waals surface area contributed by atoms with Crippen LogP contribution in [0.5, 0.6) is 0 Å². The van der Waals surface area contributed by atoms with Gasteiger partial charge in [0.05, 0.1) is 13.2 Å². The molecule has 1 atom stereocenters.